The molecule has 1 amide bonds. The summed E-state index contributed by atoms with van der Waals surface area (Å²) in [7, 11) is 3.30. The number of thiophene rings is 1. The van der Waals surface area contributed by atoms with Crippen molar-refractivity contribution in [1.82, 2.24) is 4.98 Å². The molecule has 3 heterocycles. The van der Waals surface area contributed by atoms with Crippen LogP contribution >= 0.6 is 11.3 Å². The van der Waals surface area contributed by atoms with Crippen LogP contribution in [-0.4, -0.2) is 56.4 Å². The van der Waals surface area contributed by atoms with Gasteiger partial charge >= 0.3 is 0 Å². The number of ether oxygens (including phenoxy) is 2. The average molecular weight is 518 g/mol. The number of aldehydes is 1. The minimum Gasteiger partial charge on any atom is -0.380 e. The van der Waals surface area contributed by atoms with E-state index in [1.807, 2.05) is 31.2 Å². The second kappa shape index (κ2) is 10.0. The molecule has 1 fully saturated rings. The predicted molar refractivity (Wildman–Crippen MR) is 145 cm³/mol. The molecule has 1 aliphatic heterocycles. The molecular weight excluding hydrogens is 490 g/mol. The lowest BCUT2D eigenvalue weighted by molar-refractivity contribution is 0.0789. The Bertz CT molecular complexity index is 1550. The number of carbonyl (C=O) groups excluding carboxylic acids is 3. The minimum atomic E-state index is -0.381. The Balaban J connectivity index is 1.53. The third-order valence-electron chi connectivity index (χ3n) is 6.80. The second-order valence-corrected chi connectivity index (χ2v) is 10.1. The Morgan fingerprint density at radius 1 is 1.22 bits per heavy atom. The fraction of sp³-hybridized carbons (Fsp3) is 0.286. The standard InChI is InChI=1S/C28H27N3O5S/c1-15-24-17(14-35-3)8-9-20(16(2)33)26(24)37-25(15)28(34)30-27-18(13-32)10-21-22(29-27)6-5-7-23(21)31-11-19(12-31)36-4/h5-10,13,19H,11-12,14H2,1-4H3,(H,29,30,34). The lowest BCUT2D eigenvalue weighted by atomic mass is 10.0. The Morgan fingerprint density at radius 3 is 2.68 bits per heavy atom. The minimum absolute atomic E-state index is 0.0727. The van der Waals surface area contributed by atoms with Crippen LogP contribution in [0.15, 0.2) is 36.4 Å². The van der Waals surface area contributed by atoms with Crippen LogP contribution in [0.4, 0.5) is 11.5 Å². The maximum Gasteiger partial charge on any atom is 0.267 e. The number of amides is 1. The summed E-state index contributed by atoms with van der Waals surface area (Å²) in [6, 6.07) is 11.2. The van der Waals surface area contributed by atoms with Crippen LogP contribution < -0.4 is 10.2 Å². The van der Waals surface area contributed by atoms with Crippen LogP contribution in [0.2, 0.25) is 0 Å². The number of carbonyl (C=O) groups is 3. The van der Waals surface area contributed by atoms with E-state index in [2.05, 4.69) is 15.2 Å². The summed E-state index contributed by atoms with van der Waals surface area (Å²) in [5.74, 6) is -0.256. The van der Waals surface area contributed by atoms with Gasteiger partial charge in [0.2, 0.25) is 0 Å². The number of methoxy groups -OCH3 is 2. The van der Waals surface area contributed by atoms with Crippen LogP contribution in [0.5, 0.6) is 0 Å². The molecule has 0 spiro atoms. The molecule has 9 heteroatoms. The Hall–Kier alpha value is -3.66. The van der Waals surface area contributed by atoms with Crippen LogP contribution in [0, 0.1) is 6.92 Å². The van der Waals surface area contributed by atoms with Crippen LogP contribution in [0.1, 0.15) is 48.4 Å². The first-order chi connectivity index (χ1) is 17.9. The number of nitrogens with one attached hydrogen (secondary N) is 1. The van der Waals surface area contributed by atoms with Gasteiger partial charge in [-0.15, -0.1) is 11.3 Å². The molecule has 1 saturated heterocycles. The van der Waals surface area contributed by atoms with E-state index in [9.17, 15) is 14.4 Å². The SMILES string of the molecule is COCc1ccc(C(C)=O)c2sc(C(=O)Nc3nc4cccc(N5CC(OC)C5)c4cc3C=O)c(C)c12. The largest absolute Gasteiger partial charge is 0.380 e. The van der Waals surface area contributed by atoms with E-state index >= 15 is 0 Å². The lowest BCUT2D eigenvalue weighted by Gasteiger charge is -2.40. The van der Waals surface area contributed by atoms with Crippen molar-refractivity contribution in [2.24, 2.45) is 0 Å². The van der Waals surface area contributed by atoms with Gasteiger partial charge in [0.1, 0.15) is 5.82 Å². The molecule has 1 aliphatic rings. The number of fused-ring (bicyclic) bond motifs is 2. The van der Waals surface area contributed by atoms with Gasteiger partial charge in [-0.2, -0.15) is 0 Å². The van der Waals surface area contributed by atoms with Crippen molar-refractivity contribution in [3.63, 3.8) is 0 Å². The number of hydrogen-bond donors (Lipinski definition) is 1. The van der Waals surface area contributed by atoms with E-state index in [4.69, 9.17) is 9.47 Å². The smallest absolute Gasteiger partial charge is 0.267 e. The number of Topliss-reactive ketones (excluding diaryl/α,β-unsaturated/α-hetero) is 1. The van der Waals surface area contributed by atoms with Gasteiger partial charge in [0.15, 0.2) is 12.1 Å². The highest BCUT2D eigenvalue weighted by Gasteiger charge is 2.28. The summed E-state index contributed by atoms with van der Waals surface area (Å²) in [6.45, 7) is 5.27. The van der Waals surface area contributed by atoms with Gasteiger partial charge < -0.3 is 19.7 Å². The molecule has 2 aromatic heterocycles. The van der Waals surface area contributed by atoms with Gasteiger partial charge in [-0.05, 0) is 49.2 Å². The van der Waals surface area contributed by atoms with E-state index in [0.717, 1.165) is 45.4 Å². The lowest BCUT2D eigenvalue weighted by Crippen LogP contribution is -2.51. The van der Waals surface area contributed by atoms with Crippen molar-refractivity contribution in [1.29, 1.82) is 0 Å². The summed E-state index contributed by atoms with van der Waals surface area (Å²) in [5, 5.41) is 4.53. The van der Waals surface area contributed by atoms with Gasteiger partial charge in [-0.3, -0.25) is 14.4 Å². The summed E-state index contributed by atoms with van der Waals surface area (Å²) in [6.07, 6.45) is 0.889. The summed E-state index contributed by atoms with van der Waals surface area (Å²) >= 11 is 1.26. The molecule has 5 rings (SSSR count). The summed E-state index contributed by atoms with van der Waals surface area (Å²) in [4.78, 5) is 45.0. The van der Waals surface area contributed by atoms with Gasteiger partial charge in [-0.1, -0.05) is 12.1 Å². The van der Waals surface area contributed by atoms with Gasteiger partial charge in [0.25, 0.3) is 5.91 Å². The van der Waals surface area contributed by atoms with Crippen LogP contribution in [0.3, 0.4) is 0 Å². The normalized spacial score (nSPS) is 13.7. The van der Waals surface area contributed by atoms with E-state index in [0.29, 0.717) is 34.4 Å². The van der Waals surface area contributed by atoms with Crippen molar-refractivity contribution in [3.8, 4) is 0 Å². The molecule has 2 aromatic carbocycles. The van der Waals surface area contributed by atoms with Crippen molar-refractivity contribution < 1.29 is 23.9 Å². The van der Waals surface area contributed by atoms with Gasteiger partial charge in [0, 0.05) is 54.0 Å². The molecule has 190 valence electrons. The van der Waals surface area contributed by atoms with Gasteiger partial charge in [-0.25, -0.2) is 4.98 Å². The van der Waals surface area contributed by atoms with Crippen molar-refractivity contribution >= 4 is 61.8 Å². The predicted octanol–water partition coefficient (Wildman–Crippen LogP) is 5.01. The molecule has 8 nitrogen and oxygen atoms in total. The van der Waals surface area contributed by atoms with E-state index < -0.39 is 0 Å². The molecule has 0 unspecified atom stereocenters. The molecule has 1 N–H and O–H groups in total. The Labute approximate surface area is 218 Å². The zero-order chi connectivity index (χ0) is 26.3. The summed E-state index contributed by atoms with van der Waals surface area (Å²) in [5.41, 5.74) is 4.17. The maximum absolute atomic E-state index is 13.5. The third kappa shape index (κ3) is 4.39. The maximum atomic E-state index is 13.5. The fourth-order valence-corrected chi connectivity index (χ4v) is 6.12. The topological polar surface area (TPSA) is 97.8 Å². The number of nitrogens with zero attached hydrogens (tertiary/aromatic N) is 2. The zero-order valence-electron chi connectivity index (χ0n) is 21.1. The quantitative estimate of drug-likeness (QED) is 0.259. The Morgan fingerprint density at radius 2 is 2.00 bits per heavy atom. The number of anilines is 2. The third-order valence-corrected chi connectivity index (χ3v) is 8.12. The number of ketones is 1. The molecule has 37 heavy (non-hydrogen) atoms. The molecule has 0 bridgehead atoms. The Kier molecular flexibility index (Phi) is 6.76. The molecule has 4 aromatic rings. The molecular formula is C28H27N3O5S. The first-order valence-electron chi connectivity index (χ1n) is 11.9. The first kappa shape index (κ1) is 25.0. The summed E-state index contributed by atoms with van der Waals surface area (Å²) < 4.78 is 11.5. The molecule has 0 atom stereocenters. The average Bonchev–Trinajstić information content (AvgIpc) is 3.21. The van der Waals surface area contributed by atoms with E-state index in [-0.39, 0.29) is 23.6 Å². The van der Waals surface area contributed by atoms with Crippen molar-refractivity contribution in [2.45, 2.75) is 26.6 Å². The molecule has 0 radical (unpaired) electrons. The number of hydrogen-bond acceptors (Lipinski definition) is 8. The number of benzene rings is 2. The van der Waals surface area contributed by atoms with E-state index in [1.54, 1.807) is 26.4 Å². The van der Waals surface area contributed by atoms with Gasteiger partial charge in [0.05, 0.1) is 28.7 Å². The monoisotopic (exact) mass is 517 g/mol. The highest BCUT2D eigenvalue weighted by molar-refractivity contribution is 7.21. The zero-order valence-corrected chi connectivity index (χ0v) is 21.9. The highest BCUT2D eigenvalue weighted by Crippen LogP contribution is 2.37. The first-order valence-corrected chi connectivity index (χ1v) is 12.7. The van der Waals surface area contributed by atoms with Crippen molar-refractivity contribution in [3.05, 3.63) is 63.5 Å². The number of aryl methyl sites for hydroxylation is 1. The van der Waals surface area contributed by atoms with E-state index in [1.165, 1.54) is 18.3 Å². The van der Waals surface area contributed by atoms with Crippen molar-refractivity contribution in [2.75, 3.05) is 37.5 Å². The number of aromatic nitrogens is 1. The molecule has 0 aliphatic carbocycles. The van der Waals surface area contributed by atoms with Crippen LogP contribution in [0.25, 0.3) is 21.0 Å². The number of pyridine rings is 1. The highest BCUT2D eigenvalue weighted by atomic mass is 32.1. The number of rotatable bonds is 8. The molecule has 0 saturated carbocycles. The van der Waals surface area contributed by atoms with Crippen LogP contribution in [-0.2, 0) is 16.1 Å². The second-order valence-electron chi connectivity index (χ2n) is 9.13. The fourth-order valence-electron chi connectivity index (χ4n) is 4.81.